The van der Waals surface area contributed by atoms with Crippen LogP contribution in [0.3, 0.4) is 0 Å². The second-order valence-corrected chi connectivity index (χ2v) is 5.96. The molecule has 1 aliphatic carbocycles. The summed E-state index contributed by atoms with van der Waals surface area (Å²) in [7, 11) is -3.16. The normalized spacial score (nSPS) is 26.1. The largest absolute Gasteiger partial charge is 0.326 e. The smallest absolute Gasteiger partial charge is 0.182 e. The standard InChI is InChI=1S/C10H13NO2S/c1-7-2-4-8(5-3-7)14(12,13)10-6-9(10)11/h2-5,9-10H,6,11H2,1H3/t9-,10-/m0/s1. The molecule has 0 aromatic heterocycles. The van der Waals surface area contributed by atoms with Gasteiger partial charge in [0.15, 0.2) is 9.84 Å². The molecule has 0 saturated heterocycles. The van der Waals surface area contributed by atoms with Crippen LogP contribution in [0.15, 0.2) is 29.2 Å². The van der Waals surface area contributed by atoms with Gasteiger partial charge in [-0.15, -0.1) is 0 Å². The highest BCUT2D eigenvalue weighted by Gasteiger charge is 2.45. The lowest BCUT2D eigenvalue weighted by Gasteiger charge is -2.02. The van der Waals surface area contributed by atoms with E-state index in [0.717, 1.165) is 5.56 Å². The molecular formula is C10H13NO2S. The highest BCUT2D eigenvalue weighted by atomic mass is 32.2. The Hall–Kier alpha value is -0.870. The molecule has 1 aromatic rings. The molecule has 2 rings (SSSR count). The molecule has 0 amide bonds. The molecule has 0 spiro atoms. The topological polar surface area (TPSA) is 60.2 Å². The van der Waals surface area contributed by atoms with Gasteiger partial charge in [0.05, 0.1) is 10.1 Å². The van der Waals surface area contributed by atoms with Crippen molar-refractivity contribution in [2.45, 2.75) is 29.5 Å². The van der Waals surface area contributed by atoms with Crippen molar-refractivity contribution in [3.05, 3.63) is 29.8 Å². The average Bonchev–Trinajstić information content (AvgIpc) is 2.84. The lowest BCUT2D eigenvalue weighted by molar-refractivity contribution is 0.594. The summed E-state index contributed by atoms with van der Waals surface area (Å²) in [5.41, 5.74) is 6.60. The predicted molar refractivity (Wildman–Crippen MR) is 54.7 cm³/mol. The predicted octanol–water partition coefficient (Wildman–Crippen LogP) is 0.868. The molecule has 0 radical (unpaired) electrons. The highest BCUT2D eigenvalue weighted by molar-refractivity contribution is 7.92. The Bertz CT molecular complexity index is 436. The van der Waals surface area contributed by atoms with Gasteiger partial charge in [0.25, 0.3) is 0 Å². The molecule has 14 heavy (non-hydrogen) atoms. The SMILES string of the molecule is Cc1ccc(S(=O)(=O)[C@H]2C[C@@H]2N)cc1. The van der Waals surface area contributed by atoms with Gasteiger partial charge < -0.3 is 5.73 Å². The molecule has 2 atom stereocenters. The molecule has 1 aliphatic rings. The summed E-state index contributed by atoms with van der Waals surface area (Å²) in [4.78, 5) is 0.390. The Morgan fingerprint density at radius 1 is 1.29 bits per heavy atom. The summed E-state index contributed by atoms with van der Waals surface area (Å²) in [5, 5.41) is -0.356. The fraction of sp³-hybridized carbons (Fsp3) is 0.400. The van der Waals surface area contributed by atoms with E-state index in [1.54, 1.807) is 24.3 Å². The number of rotatable bonds is 2. The van der Waals surface area contributed by atoms with E-state index in [4.69, 9.17) is 5.73 Å². The van der Waals surface area contributed by atoms with Crippen molar-refractivity contribution in [1.82, 2.24) is 0 Å². The van der Waals surface area contributed by atoms with Gasteiger partial charge in [-0.05, 0) is 25.5 Å². The van der Waals surface area contributed by atoms with Gasteiger partial charge in [-0.3, -0.25) is 0 Å². The minimum absolute atomic E-state index is 0.165. The first-order valence-corrected chi connectivity index (χ1v) is 6.12. The van der Waals surface area contributed by atoms with Crippen LogP contribution in [0.25, 0.3) is 0 Å². The number of sulfone groups is 1. The number of aryl methyl sites for hydroxylation is 1. The minimum Gasteiger partial charge on any atom is -0.326 e. The van der Waals surface area contributed by atoms with E-state index >= 15 is 0 Å². The van der Waals surface area contributed by atoms with E-state index in [1.165, 1.54) is 0 Å². The van der Waals surface area contributed by atoms with Gasteiger partial charge in [0.2, 0.25) is 0 Å². The van der Waals surface area contributed by atoms with Crippen molar-refractivity contribution in [3.63, 3.8) is 0 Å². The van der Waals surface area contributed by atoms with Crippen molar-refractivity contribution in [3.8, 4) is 0 Å². The number of hydrogen-bond acceptors (Lipinski definition) is 3. The van der Waals surface area contributed by atoms with Crippen molar-refractivity contribution in [2.24, 2.45) is 5.73 Å². The number of nitrogens with two attached hydrogens (primary N) is 1. The minimum atomic E-state index is -3.16. The maximum absolute atomic E-state index is 11.8. The average molecular weight is 211 g/mol. The Morgan fingerprint density at radius 3 is 2.21 bits per heavy atom. The molecular weight excluding hydrogens is 198 g/mol. The van der Waals surface area contributed by atoms with Gasteiger partial charge in [0.1, 0.15) is 0 Å². The van der Waals surface area contributed by atoms with Crippen molar-refractivity contribution < 1.29 is 8.42 Å². The third-order valence-corrected chi connectivity index (χ3v) is 4.80. The number of hydrogen-bond donors (Lipinski definition) is 1. The molecule has 0 aliphatic heterocycles. The van der Waals surface area contributed by atoms with Gasteiger partial charge in [-0.2, -0.15) is 0 Å². The van der Waals surface area contributed by atoms with Crippen LogP contribution in [-0.4, -0.2) is 19.7 Å². The highest BCUT2D eigenvalue weighted by Crippen LogP contribution is 2.32. The Labute approximate surface area is 83.9 Å². The lowest BCUT2D eigenvalue weighted by Crippen LogP contribution is -2.15. The third-order valence-electron chi connectivity index (χ3n) is 2.53. The van der Waals surface area contributed by atoms with Crippen molar-refractivity contribution in [1.29, 1.82) is 0 Å². The monoisotopic (exact) mass is 211 g/mol. The summed E-state index contributed by atoms with van der Waals surface area (Å²) in [6, 6.07) is 6.74. The van der Waals surface area contributed by atoms with E-state index in [1.807, 2.05) is 6.92 Å². The summed E-state index contributed by atoms with van der Waals surface area (Å²) >= 11 is 0. The van der Waals surface area contributed by atoms with Crippen LogP contribution >= 0.6 is 0 Å². The van der Waals surface area contributed by atoms with Crippen LogP contribution in [0.1, 0.15) is 12.0 Å². The van der Waals surface area contributed by atoms with E-state index in [0.29, 0.717) is 11.3 Å². The Morgan fingerprint density at radius 2 is 1.79 bits per heavy atom. The lowest BCUT2D eigenvalue weighted by atomic mass is 10.2. The third kappa shape index (κ3) is 1.55. The molecule has 1 aromatic carbocycles. The summed E-state index contributed by atoms with van der Waals surface area (Å²) in [6.07, 6.45) is 0.593. The second kappa shape index (κ2) is 3.07. The van der Waals surface area contributed by atoms with E-state index < -0.39 is 9.84 Å². The zero-order valence-electron chi connectivity index (χ0n) is 7.97. The van der Waals surface area contributed by atoms with Crippen LogP contribution in [0.4, 0.5) is 0 Å². The molecule has 3 nitrogen and oxygen atoms in total. The zero-order chi connectivity index (χ0) is 10.3. The summed E-state index contributed by atoms with van der Waals surface area (Å²) in [6.45, 7) is 1.93. The van der Waals surface area contributed by atoms with Crippen LogP contribution in [0, 0.1) is 6.92 Å². The summed E-state index contributed by atoms with van der Waals surface area (Å²) < 4.78 is 23.7. The van der Waals surface area contributed by atoms with Crippen molar-refractivity contribution in [2.75, 3.05) is 0 Å². The van der Waals surface area contributed by atoms with Gasteiger partial charge in [0, 0.05) is 6.04 Å². The first kappa shape index (κ1) is 9.68. The fourth-order valence-corrected chi connectivity index (χ4v) is 3.25. The quantitative estimate of drug-likeness (QED) is 0.789. The second-order valence-electron chi connectivity index (χ2n) is 3.80. The molecule has 0 unspecified atom stereocenters. The first-order chi connectivity index (χ1) is 6.51. The first-order valence-electron chi connectivity index (χ1n) is 4.58. The Kier molecular flexibility index (Phi) is 2.12. The van der Waals surface area contributed by atoms with Crippen LogP contribution < -0.4 is 5.73 Å². The molecule has 1 fully saturated rings. The summed E-state index contributed by atoms with van der Waals surface area (Å²) in [5.74, 6) is 0. The molecule has 0 heterocycles. The maximum Gasteiger partial charge on any atom is 0.182 e. The zero-order valence-corrected chi connectivity index (χ0v) is 8.79. The number of benzene rings is 1. The van der Waals surface area contributed by atoms with Gasteiger partial charge in [-0.25, -0.2) is 8.42 Å². The van der Waals surface area contributed by atoms with Crippen LogP contribution in [-0.2, 0) is 9.84 Å². The Balaban J connectivity index is 2.35. The van der Waals surface area contributed by atoms with Crippen molar-refractivity contribution >= 4 is 9.84 Å². The van der Waals surface area contributed by atoms with Crippen LogP contribution in [0.2, 0.25) is 0 Å². The van der Waals surface area contributed by atoms with E-state index in [2.05, 4.69) is 0 Å². The molecule has 2 N–H and O–H groups in total. The molecule has 76 valence electrons. The maximum atomic E-state index is 11.8. The molecule has 4 heteroatoms. The van der Waals surface area contributed by atoms with Crippen LogP contribution in [0.5, 0.6) is 0 Å². The molecule has 1 saturated carbocycles. The fourth-order valence-electron chi connectivity index (χ4n) is 1.45. The van der Waals surface area contributed by atoms with E-state index in [9.17, 15) is 8.42 Å². The van der Waals surface area contributed by atoms with E-state index in [-0.39, 0.29) is 11.3 Å². The van der Waals surface area contributed by atoms with Gasteiger partial charge >= 0.3 is 0 Å². The molecule has 0 bridgehead atoms. The van der Waals surface area contributed by atoms with Gasteiger partial charge in [-0.1, -0.05) is 17.7 Å².